The van der Waals surface area contributed by atoms with E-state index in [-0.39, 0.29) is 11.3 Å². The molecule has 0 spiro atoms. The molecular formula is C12H12BrFN4O2. The number of amides is 1. The first-order valence-corrected chi connectivity index (χ1v) is 6.73. The van der Waals surface area contributed by atoms with Crippen molar-refractivity contribution in [1.82, 2.24) is 20.5 Å². The minimum absolute atomic E-state index is 0.0133. The smallest absolute Gasteiger partial charge is 0.340 e. The van der Waals surface area contributed by atoms with Crippen LogP contribution in [0, 0.1) is 5.82 Å². The molecule has 0 atom stereocenters. The maximum atomic E-state index is 13.5. The fourth-order valence-electron chi connectivity index (χ4n) is 1.68. The lowest BCUT2D eigenvalue weighted by molar-refractivity contribution is 0.0948. The Morgan fingerprint density at radius 1 is 1.45 bits per heavy atom. The van der Waals surface area contributed by atoms with E-state index >= 15 is 0 Å². The first-order chi connectivity index (χ1) is 9.58. The minimum Gasteiger partial charge on any atom is -0.352 e. The highest BCUT2D eigenvalue weighted by Crippen LogP contribution is 2.19. The number of nitrogens with one attached hydrogen (secondary N) is 3. The van der Waals surface area contributed by atoms with Gasteiger partial charge in [0.15, 0.2) is 0 Å². The number of rotatable bonds is 5. The molecule has 1 aromatic heterocycles. The third-order valence-corrected chi connectivity index (χ3v) is 3.28. The summed E-state index contributed by atoms with van der Waals surface area (Å²) in [4.78, 5) is 25.2. The first-order valence-electron chi connectivity index (χ1n) is 5.93. The predicted octanol–water partition coefficient (Wildman–Crippen LogP) is 1.36. The maximum absolute atomic E-state index is 13.5. The summed E-state index contributed by atoms with van der Waals surface area (Å²) in [5, 5.41) is 8.62. The topological polar surface area (TPSA) is 90.6 Å². The largest absolute Gasteiger partial charge is 0.352 e. The van der Waals surface area contributed by atoms with Crippen LogP contribution in [0.5, 0.6) is 0 Å². The number of aromatic amines is 2. The van der Waals surface area contributed by atoms with Gasteiger partial charge in [-0.2, -0.15) is 5.10 Å². The highest BCUT2D eigenvalue weighted by Gasteiger charge is 2.14. The Balaban J connectivity index is 1.85. The van der Waals surface area contributed by atoms with Crippen LogP contribution in [-0.2, 0) is 6.42 Å². The van der Waals surface area contributed by atoms with E-state index in [0.717, 1.165) is 0 Å². The van der Waals surface area contributed by atoms with Crippen molar-refractivity contribution in [1.29, 1.82) is 0 Å². The SMILES string of the molecule is O=C(NCCCc1n[nH]c(=O)[nH]1)c1c(F)cccc1Br. The van der Waals surface area contributed by atoms with Gasteiger partial charge in [0, 0.05) is 17.4 Å². The van der Waals surface area contributed by atoms with Crippen LogP contribution in [-0.4, -0.2) is 27.6 Å². The van der Waals surface area contributed by atoms with Crippen LogP contribution in [0.1, 0.15) is 22.6 Å². The average Bonchev–Trinajstić information content (AvgIpc) is 2.80. The van der Waals surface area contributed by atoms with Gasteiger partial charge in [-0.1, -0.05) is 6.07 Å². The zero-order chi connectivity index (χ0) is 14.5. The van der Waals surface area contributed by atoms with Crippen LogP contribution >= 0.6 is 15.9 Å². The van der Waals surface area contributed by atoms with Crippen LogP contribution in [0.3, 0.4) is 0 Å². The molecule has 1 aromatic carbocycles. The molecule has 1 amide bonds. The van der Waals surface area contributed by atoms with E-state index in [1.807, 2.05) is 0 Å². The number of H-pyrrole nitrogens is 2. The summed E-state index contributed by atoms with van der Waals surface area (Å²) >= 11 is 3.14. The van der Waals surface area contributed by atoms with Gasteiger partial charge in [-0.05, 0) is 34.5 Å². The molecule has 20 heavy (non-hydrogen) atoms. The number of carbonyl (C=O) groups excluding carboxylic acids is 1. The molecule has 106 valence electrons. The molecule has 6 nitrogen and oxygen atoms in total. The molecule has 0 bridgehead atoms. The Hall–Kier alpha value is -1.96. The summed E-state index contributed by atoms with van der Waals surface area (Å²) < 4.78 is 13.9. The van der Waals surface area contributed by atoms with Crippen molar-refractivity contribution in [2.24, 2.45) is 0 Å². The number of halogens is 2. The number of aromatic nitrogens is 3. The molecule has 0 radical (unpaired) electrons. The van der Waals surface area contributed by atoms with Gasteiger partial charge >= 0.3 is 5.69 Å². The molecule has 2 rings (SSSR count). The molecule has 0 saturated carbocycles. The second kappa shape index (κ2) is 6.47. The lowest BCUT2D eigenvalue weighted by atomic mass is 10.2. The normalized spacial score (nSPS) is 10.5. The van der Waals surface area contributed by atoms with E-state index < -0.39 is 11.7 Å². The van der Waals surface area contributed by atoms with Gasteiger partial charge in [0.2, 0.25) is 0 Å². The third-order valence-electron chi connectivity index (χ3n) is 2.62. The van der Waals surface area contributed by atoms with E-state index in [1.54, 1.807) is 6.07 Å². The Kier molecular flexibility index (Phi) is 4.67. The zero-order valence-corrected chi connectivity index (χ0v) is 12.0. The number of nitrogens with zero attached hydrogens (tertiary/aromatic N) is 1. The first kappa shape index (κ1) is 14.4. The van der Waals surface area contributed by atoms with Crippen LogP contribution < -0.4 is 11.0 Å². The van der Waals surface area contributed by atoms with Gasteiger partial charge in [-0.3, -0.25) is 9.78 Å². The summed E-state index contributed by atoms with van der Waals surface area (Å²) in [6.07, 6.45) is 1.09. The van der Waals surface area contributed by atoms with Crippen LogP contribution in [0.15, 0.2) is 27.5 Å². The van der Waals surface area contributed by atoms with Crippen molar-refractivity contribution in [3.8, 4) is 0 Å². The lowest BCUT2D eigenvalue weighted by Gasteiger charge is -2.07. The van der Waals surface area contributed by atoms with Gasteiger partial charge in [0.25, 0.3) is 5.91 Å². The number of aryl methyl sites for hydroxylation is 1. The number of benzene rings is 1. The van der Waals surface area contributed by atoms with E-state index in [4.69, 9.17) is 0 Å². The van der Waals surface area contributed by atoms with E-state index in [0.29, 0.717) is 29.7 Å². The fraction of sp³-hybridized carbons (Fsp3) is 0.250. The van der Waals surface area contributed by atoms with Crippen LogP contribution in [0.4, 0.5) is 4.39 Å². The van der Waals surface area contributed by atoms with Crippen molar-refractivity contribution in [3.63, 3.8) is 0 Å². The summed E-state index contributed by atoms with van der Waals surface area (Å²) in [6.45, 7) is 0.356. The summed E-state index contributed by atoms with van der Waals surface area (Å²) in [5.74, 6) is -0.532. The van der Waals surface area contributed by atoms with Crippen molar-refractivity contribution in [2.75, 3.05) is 6.54 Å². The van der Waals surface area contributed by atoms with Crippen molar-refractivity contribution >= 4 is 21.8 Å². The zero-order valence-electron chi connectivity index (χ0n) is 10.4. The van der Waals surface area contributed by atoms with Crippen molar-refractivity contribution in [2.45, 2.75) is 12.8 Å². The molecule has 0 aliphatic rings. The van der Waals surface area contributed by atoms with Gasteiger partial charge in [0.05, 0.1) is 5.56 Å². The summed E-state index contributed by atoms with van der Waals surface area (Å²) in [5.41, 5.74) is -0.375. The van der Waals surface area contributed by atoms with E-state index in [9.17, 15) is 14.0 Å². The molecule has 2 aromatic rings. The second-order valence-corrected chi connectivity index (χ2v) is 4.93. The highest BCUT2D eigenvalue weighted by atomic mass is 79.9. The summed E-state index contributed by atoms with van der Waals surface area (Å²) in [6, 6.07) is 4.35. The Morgan fingerprint density at radius 2 is 2.25 bits per heavy atom. The number of carbonyl (C=O) groups is 1. The Labute approximate surface area is 121 Å². The van der Waals surface area contributed by atoms with Crippen LogP contribution in [0.25, 0.3) is 0 Å². The molecule has 0 aliphatic heterocycles. The minimum atomic E-state index is -0.575. The molecular weight excluding hydrogens is 331 g/mol. The highest BCUT2D eigenvalue weighted by molar-refractivity contribution is 9.10. The van der Waals surface area contributed by atoms with Crippen LogP contribution in [0.2, 0.25) is 0 Å². The van der Waals surface area contributed by atoms with Gasteiger partial charge < -0.3 is 5.32 Å². The number of hydrogen-bond acceptors (Lipinski definition) is 3. The predicted molar refractivity (Wildman–Crippen MR) is 74.0 cm³/mol. The second-order valence-electron chi connectivity index (χ2n) is 4.08. The summed E-state index contributed by atoms with van der Waals surface area (Å²) in [7, 11) is 0. The molecule has 0 unspecified atom stereocenters. The standard InChI is InChI=1S/C12H12BrFN4O2/c13-7-3-1-4-8(14)10(7)11(19)15-6-2-5-9-16-12(20)18-17-9/h1,3-4H,2,5-6H2,(H,15,19)(H2,16,17,18,20). The number of hydrogen-bond donors (Lipinski definition) is 3. The van der Waals surface area contributed by atoms with Gasteiger partial charge in [0.1, 0.15) is 11.6 Å². The molecule has 0 saturated heterocycles. The molecule has 0 fully saturated rings. The van der Waals surface area contributed by atoms with Crippen molar-refractivity contribution < 1.29 is 9.18 Å². The van der Waals surface area contributed by atoms with E-state index in [1.165, 1.54) is 12.1 Å². The van der Waals surface area contributed by atoms with E-state index in [2.05, 4.69) is 36.4 Å². The maximum Gasteiger partial charge on any atom is 0.340 e. The van der Waals surface area contributed by atoms with Crippen molar-refractivity contribution in [3.05, 3.63) is 50.4 Å². The monoisotopic (exact) mass is 342 g/mol. The molecule has 0 aliphatic carbocycles. The quantitative estimate of drug-likeness (QED) is 0.716. The Bertz CT molecular complexity index is 647. The van der Waals surface area contributed by atoms with Gasteiger partial charge in [-0.25, -0.2) is 14.3 Å². The lowest BCUT2D eigenvalue weighted by Crippen LogP contribution is -2.26. The molecule has 1 heterocycles. The third kappa shape index (κ3) is 3.53. The van der Waals surface area contributed by atoms with Gasteiger partial charge in [-0.15, -0.1) is 0 Å². The average molecular weight is 343 g/mol. The Morgan fingerprint density at radius 3 is 2.90 bits per heavy atom. The fourth-order valence-corrected chi connectivity index (χ4v) is 2.21. The molecule has 8 heteroatoms. The molecule has 3 N–H and O–H groups in total.